The largest absolute Gasteiger partial charge is 0.463 e. The predicted molar refractivity (Wildman–Crippen MR) is 135 cm³/mol. The van der Waals surface area contributed by atoms with Crippen LogP contribution in [0, 0.1) is 10.8 Å². The standard InChI is InChI=1S/C28H40O9/c1-9-33-21(29)15-19-22(37-26(31)28(5,6)7)23(34-16-18-13-11-10-12-14-18)20(36-24(19)32-8)17-35-25(30)27(2,3)4/h10-15,20,22-24H,9,16-17H2,1-8H3/b19-15-/t20-,22-,23-,24+/m1/s1. The second-order valence-corrected chi connectivity index (χ2v) is 10.8. The van der Waals surface area contributed by atoms with Crippen molar-refractivity contribution in [2.45, 2.75) is 79.7 Å². The monoisotopic (exact) mass is 520 g/mol. The van der Waals surface area contributed by atoms with Gasteiger partial charge in [-0.05, 0) is 54.0 Å². The highest BCUT2D eigenvalue weighted by Crippen LogP contribution is 2.33. The predicted octanol–water partition coefficient (Wildman–Crippen LogP) is 3.98. The van der Waals surface area contributed by atoms with Gasteiger partial charge in [-0.25, -0.2) is 4.79 Å². The number of carbonyl (C=O) groups is 3. The van der Waals surface area contributed by atoms with E-state index in [1.807, 2.05) is 30.3 Å². The molecule has 2 rings (SSSR count). The summed E-state index contributed by atoms with van der Waals surface area (Å²) < 4.78 is 34.4. The molecule has 0 aliphatic carbocycles. The van der Waals surface area contributed by atoms with Crippen molar-refractivity contribution >= 4 is 17.9 Å². The van der Waals surface area contributed by atoms with Crippen LogP contribution in [0.1, 0.15) is 54.0 Å². The fourth-order valence-corrected chi connectivity index (χ4v) is 3.39. The average Bonchev–Trinajstić information content (AvgIpc) is 2.82. The minimum atomic E-state index is -1.07. The van der Waals surface area contributed by atoms with Gasteiger partial charge < -0.3 is 28.4 Å². The van der Waals surface area contributed by atoms with Gasteiger partial charge in [-0.2, -0.15) is 0 Å². The molecule has 1 aromatic rings. The van der Waals surface area contributed by atoms with Gasteiger partial charge in [0, 0.05) is 18.8 Å². The van der Waals surface area contributed by atoms with E-state index in [0.29, 0.717) is 0 Å². The van der Waals surface area contributed by atoms with Gasteiger partial charge >= 0.3 is 17.9 Å². The number of esters is 3. The Bertz CT molecular complexity index is 941. The summed E-state index contributed by atoms with van der Waals surface area (Å²) in [5.74, 6) is -1.58. The van der Waals surface area contributed by atoms with Crippen LogP contribution in [0.25, 0.3) is 0 Å². The highest BCUT2D eigenvalue weighted by Gasteiger charge is 2.47. The molecule has 1 aromatic carbocycles. The van der Waals surface area contributed by atoms with Crippen LogP contribution in [0.15, 0.2) is 42.0 Å². The third-order valence-electron chi connectivity index (χ3n) is 5.47. The van der Waals surface area contributed by atoms with Gasteiger partial charge in [-0.1, -0.05) is 30.3 Å². The molecule has 0 saturated carbocycles. The highest BCUT2D eigenvalue weighted by molar-refractivity contribution is 5.83. The Labute approximate surface area is 219 Å². The zero-order chi connectivity index (χ0) is 27.8. The maximum Gasteiger partial charge on any atom is 0.331 e. The van der Waals surface area contributed by atoms with Crippen LogP contribution >= 0.6 is 0 Å². The van der Waals surface area contributed by atoms with Crippen LogP contribution in [0.4, 0.5) is 0 Å². The minimum Gasteiger partial charge on any atom is -0.463 e. The molecule has 9 nitrogen and oxygen atoms in total. The molecule has 0 N–H and O–H groups in total. The molecule has 206 valence electrons. The molecule has 0 spiro atoms. The van der Waals surface area contributed by atoms with E-state index in [1.165, 1.54) is 13.2 Å². The molecular weight excluding hydrogens is 480 g/mol. The molecule has 0 unspecified atom stereocenters. The SMILES string of the molecule is CCOC(=O)/C=C1\[C@@H](OC)O[C@H](COC(=O)C(C)(C)C)[C@@H](OCc2ccccc2)[C@@H]1OC(=O)C(C)(C)C. The Hall–Kier alpha value is -2.75. The number of benzene rings is 1. The average molecular weight is 521 g/mol. The van der Waals surface area contributed by atoms with E-state index >= 15 is 0 Å². The zero-order valence-corrected chi connectivity index (χ0v) is 23.1. The van der Waals surface area contributed by atoms with Gasteiger partial charge in [-0.15, -0.1) is 0 Å². The third-order valence-corrected chi connectivity index (χ3v) is 5.47. The van der Waals surface area contributed by atoms with Crippen LogP contribution in [-0.4, -0.2) is 62.8 Å². The second kappa shape index (κ2) is 13.2. The fraction of sp³-hybridized carbons (Fsp3) is 0.607. The summed E-state index contributed by atoms with van der Waals surface area (Å²) in [5.41, 5.74) is -0.467. The van der Waals surface area contributed by atoms with Crippen molar-refractivity contribution in [2.24, 2.45) is 10.8 Å². The first-order valence-corrected chi connectivity index (χ1v) is 12.4. The lowest BCUT2D eigenvalue weighted by atomic mass is 9.93. The number of methoxy groups -OCH3 is 1. The quantitative estimate of drug-likeness (QED) is 0.271. The van der Waals surface area contributed by atoms with Crippen molar-refractivity contribution in [2.75, 3.05) is 20.3 Å². The summed E-state index contributed by atoms with van der Waals surface area (Å²) in [7, 11) is 1.40. The Kier molecular flexibility index (Phi) is 10.8. The molecule has 37 heavy (non-hydrogen) atoms. The maximum absolute atomic E-state index is 13.0. The summed E-state index contributed by atoms with van der Waals surface area (Å²) in [5, 5.41) is 0. The first-order valence-electron chi connectivity index (χ1n) is 12.4. The first-order chi connectivity index (χ1) is 17.3. The van der Waals surface area contributed by atoms with Gasteiger partial charge in [0.15, 0.2) is 12.4 Å². The summed E-state index contributed by atoms with van der Waals surface area (Å²) in [6.45, 7) is 12.2. The normalized spacial score (nSPS) is 23.4. The Morgan fingerprint density at radius 2 is 1.57 bits per heavy atom. The Morgan fingerprint density at radius 3 is 2.11 bits per heavy atom. The summed E-state index contributed by atoms with van der Waals surface area (Å²) >= 11 is 0. The van der Waals surface area contributed by atoms with Crippen molar-refractivity contribution in [1.82, 2.24) is 0 Å². The van der Waals surface area contributed by atoms with E-state index in [1.54, 1.807) is 48.5 Å². The number of carbonyl (C=O) groups excluding carboxylic acids is 3. The van der Waals surface area contributed by atoms with Gasteiger partial charge in [-0.3, -0.25) is 9.59 Å². The summed E-state index contributed by atoms with van der Waals surface area (Å²) in [6.07, 6.45) is -2.73. The molecule has 1 aliphatic rings. The molecule has 0 amide bonds. The number of hydrogen-bond donors (Lipinski definition) is 0. The summed E-state index contributed by atoms with van der Waals surface area (Å²) in [6, 6.07) is 9.43. The molecule has 0 radical (unpaired) electrons. The van der Waals surface area contributed by atoms with Crippen molar-refractivity contribution < 1.29 is 42.8 Å². The van der Waals surface area contributed by atoms with Gasteiger partial charge in [0.25, 0.3) is 0 Å². The molecule has 1 saturated heterocycles. The van der Waals surface area contributed by atoms with E-state index in [-0.39, 0.29) is 25.4 Å². The zero-order valence-electron chi connectivity index (χ0n) is 23.1. The van der Waals surface area contributed by atoms with Gasteiger partial charge in [0.05, 0.1) is 24.0 Å². The molecule has 4 atom stereocenters. The van der Waals surface area contributed by atoms with Crippen LogP contribution in [0.2, 0.25) is 0 Å². The molecule has 9 heteroatoms. The van der Waals surface area contributed by atoms with Gasteiger partial charge in [0.2, 0.25) is 0 Å². The molecule has 0 aromatic heterocycles. The van der Waals surface area contributed by atoms with Crippen LogP contribution in [-0.2, 0) is 49.4 Å². The van der Waals surface area contributed by atoms with E-state index in [4.69, 9.17) is 28.4 Å². The molecular formula is C28H40O9. The molecule has 0 bridgehead atoms. The van der Waals surface area contributed by atoms with E-state index < -0.39 is 53.3 Å². The topological polar surface area (TPSA) is 107 Å². The number of hydrogen-bond acceptors (Lipinski definition) is 9. The van der Waals surface area contributed by atoms with Crippen LogP contribution in [0.5, 0.6) is 0 Å². The van der Waals surface area contributed by atoms with Crippen molar-refractivity contribution in [3.05, 3.63) is 47.5 Å². The highest BCUT2D eigenvalue weighted by atomic mass is 16.7. The lowest BCUT2D eigenvalue weighted by Gasteiger charge is -2.42. The molecule has 1 aliphatic heterocycles. The fourth-order valence-electron chi connectivity index (χ4n) is 3.39. The van der Waals surface area contributed by atoms with Crippen LogP contribution < -0.4 is 0 Å². The first kappa shape index (κ1) is 30.5. The smallest absolute Gasteiger partial charge is 0.331 e. The van der Waals surface area contributed by atoms with Crippen molar-refractivity contribution in [1.29, 1.82) is 0 Å². The van der Waals surface area contributed by atoms with E-state index in [0.717, 1.165) is 5.56 Å². The minimum absolute atomic E-state index is 0.159. The van der Waals surface area contributed by atoms with E-state index in [2.05, 4.69) is 0 Å². The Morgan fingerprint density at radius 1 is 0.946 bits per heavy atom. The Balaban J connectivity index is 2.50. The van der Waals surface area contributed by atoms with Gasteiger partial charge in [0.1, 0.15) is 18.8 Å². The number of ether oxygens (including phenoxy) is 6. The van der Waals surface area contributed by atoms with Crippen molar-refractivity contribution in [3.8, 4) is 0 Å². The maximum atomic E-state index is 13.0. The lowest BCUT2D eigenvalue weighted by Crippen LogP contribution is -2.56. The van der Waals surface area contributed by atoms with Crippen molar-refractivity contribution in [3.63, 3.8) is 0 Å². The second-order valence-electron chi connectivity index (χ2n) is 10.8. The molecule has 1 fully saturated rings. The van der Waals surface area contributed by atoms with Crippen LogP contribution in [0.3, 0.4) is 0 Å². The number of rotatable bonds is 9. The third kappa shape index (κ3) is 8.94. The van der Waals surface area contributed by atoms with E-state index in [9.17, 15) is 14.4 Å². The molecule has 1 heterocycles. The summed E-state index contributed by atoms with van der Waals surface area (Å²) in [4.78, 5) is 38.0. The lowest BCUT2D eigenvalue weighted by molar-refractivity contribution is -0.241.